The van der Waals surface area contributed by atoms with Gasteiger partial charge in [0.2, 0.25) is 0 Å². The first-order chi connectivity index (χ1) is 9.72. The average Bonchev–Trinajstić information content (AvgIpc) is 2.83. The SMILES string of the molecule is CCCn1ncc(Br)c1C(NC)c1ncccc1CC. The van der Waals surface area contributed by atoms with Crippen molar-refractivity contribution in [1.82, 2.24) is 20.1 Å². The fourth-order valence-corrected chi connectivity index (χ4v) is 2.99. The van der Waals surface area contributed by atoms with Crippen LogP contribution in [0.2, 0.25) is 0 Å². The molecule has 1 N–H and O–H groups in total. The van der Waals surface area contributed by atoms with Crippen LogP contribution in [0.15, 0.2) is 29.0 Å². The molecule has 0 aromatic carbocycles. The van der Waals surface area contributed by atoms with Crippen molar-refractivity contribution >= 4 is 15.9 Å². The summed E-state index contributed by atoms with van der Waals surface area (Å²) in [6.07, 6.45) is 5.75. The minimum absolute atomic E-state index is 0.0505. The van der Waals surface area contributed by atoms with Crippen LogP contribution in [0.5, 0.6) is 0 Å². The highest BCUT2D eigenvalue weighted by Crippen LogP contribution is 2.29. The van der Waals surface area contributed by atoms with Gasteiger partial charge in [-0.3, -0.25) is 9.67 Å². The van der Waals surface area contributed by atoms with Gasteiger partial charge in [0.05, 0.1) is 28.1 Å². The number of hydrogen-bond donors (Lipinski definition) is 1. The average molecular weight is 337 g/mol. The molecular weight excluding hydrogens is 316 g/mol. The topological polar surface area (TPSA) is 42.7 Å². The van der Waals surface area contributed by atoms with Crippen molar-refractivity contribution in [2.75, 3.05) is 7.05 Å². The van der Waals surface area contributed by atoms with Crippen molar-refractivity contribution in [3.63, 3.8) is 0 Å². The summed E-state index contributed by atoms with van der Waals surface area (Å²) >= 11 is 3.62. The van der Waals surface area contributed by atoms with Gasteiger partial charge >= 0.3 is 0 Å². The number of pyridine rings is 1. The van der Waals surface area contributed by atoms with E-state index in [0.29, 0.717) is 0 Å². The molecular formula is C15H21BrN4. The normalized spacial score (nSPS) is 12.6. The first kappa shape index (κ1) is 15.2. The van der Waals surface area contributed by atoms with E-state index in [2.05, 4.69) is 55.9 Å². The monoisotopic (exact) mass is 336 g/mol. The van der Waals surface area contributed by atoms with E-state index in [1.165, 1.54) is 5.56 Å². The van der Waals surface area contributed by atoms with E-state index >= 15 is 0 Å². The minimum Gasteiger partial charge on any atom is -0.307 e. The smallest absolute Gasteiger partial charge is 0.0933 e. The van der Waals surface area contributed by atoms with E-state index in [4.69, 9.17) is 0 Å². The lowest BCUT2D eigenvalue weighted by atomic mass is 10.0. The molecule has 1 atom stereocenters. The zero-order chi connectivity index (χ0) is 14.5. The van der Waals surface area contributed by atoms with Gasteiger partial charge in [0.15, 0.2) is 0 Å². The molecule has 0 spiro atoms. The second-order valence-corrected chi connectivity index (χ2v) is 5.58. The largest absolute Gasteiger partial charge is 0.307 e. The molecule has 0 radical (unpaired) electrons. The fraction of sp³-hybridized carbons (Fsp3) is 0.467. The lowest BCUT2D eigenvalue weighted by Crippen LogP contribution is -2.24. The van der Waals surface area contributed by atoms with E-state index in [1.807, 2.05) is 25.5 Å². The number of hydrogen-bond acceptors (Lipinski definition) is 3. The lowest BCUT2D eigenvalue weighted by molar-refractivity contribution is 0.526. The van der Waals surface area contributed by atoms with Gasteiger partial charge in [0.1, 0.15) is 0 Å². The Hall–Kier alpha value is -1.20. The quantitative estimate of drug-likeness (QED) is 0.879. The van der Waals surface area contributed by atoms with Gasteiger partial charge in [-0.05, 0) is 47.4 Å². The maximum Gasteiger partial charge on any atom is 0.0933 e. The van der Waals surface area contributed by atoms with Crippen molar-refractivity contribution in [2.24, 2.45) is 0 Å². The summed E-state index contributed by atoms with van der Waals surface area (Å²) in [6, 6.07) is 4.18. The van der Waals surface area contributed by atoms with Crippen LogP contribution in [0.1, 0.15) is 43.3 Å². The van der Waals surface area contributed by atoms with Crippen molar-refractivity contribution in [2.45, 2.75) is 39.3 Å². The van der Waals surface area contributed by atoms with Crippen LogP contribution >= 0.6 is 15.9 Å². The number of aryl methyl sites for hydroxylation is 2. The summed E-state index contributed by atoms with van der Waals surface area (Å²) < 4.78 is 3.08. The van der Waals surface area contributed by atoms with Gasteiger partial charge < -0.3 is 5.32 Å². The molecule has 0 saturated carbocycles. The molecule has 2 aromatic heterocycles. The number of nitrogens with one attached hydrogen (secondary N) is 1. The van der Waals surface area contributed by atoms with Crippen molar-refractivity contribution in [1.29, 1.82) is 0 Å². The predicted molar refractivity (Wildman–Crippen MR) is 84.7 cm³/mol. The molecule has 0 aliphatic carbocycles. The number of halogens is 1. The lowest BCUT2D eigenvalue weighted by Gasteiger charge is -2.20. The third-order valence-corrected chi connectivity index (χ3v) is 4.02. The predicted octanol–water partition coefficient (Wildman–Crippen LogP) is 3.32. The summed E-state index contributed by atoms with van der Waals surface area (Å²) in [4.78, 5) is 4.59. The summed E-state index contributed by atoms with van der Waals surface area (Å²) in [5, 5.41) is 7.84. The van der Waals surface area contributed by atoms with Crippen LogP contribution in [0.25, 0.3) is 0 Å². The van der Waals surface area contributed by atoms with E-state index < -0.39 is 0 Å². The Labute approximate surface area is 128 Å². The molecule has 5 heteroatoms. The van der Waals surface area contributed by atoms with E-state index in [0.717, 1.165) is 35.2 Å². The third-order valence-electron chi connectivity index (χ3n) is 3.41. The molecule has 4 nitrogen and oxygen atoms in total. The molecule has 0 amide bonds. The van der Waals surface area contributed by atoms with Gasteiger partial charge in [0.25, 0.3) is 0 Å². The maximum atomic E-state index is 4.59. The van der Waals surface area contributed by atoms with Crippen molar-refractivity contribution in [3.05, 3.63) is 46.0 Å². The van der Waals surface area contributed by atoms with Gasteiger partial charge in [-0.25, -0.2) is 0 Å². The van der Waals surface area contributed by atoms with Gasteiger partial charge in [-0.15, -0.1) is 0 Å². The zero-order valence-electron chi connectivity index (χ0n) is 12.2. The fourth-order valence-electron chi connectivity index (χ4n) is 2.46. The Morgan fingerprint density at radius 3 is 2.85 bits per heavy atom. The van der Waals surface area contributed by atoms with Crippen LogP contribution in [-0.2, 0) is 13.0 Å². The molecule has 20 heavy (non-hydrogen) atoms. The van der Waals surface area contributed by atoms with Crippen LogP contribution in [-0.4, -0.2) is 21.8 Å². The molecule has 2 aromatic rings. The van der Waals surface area contributed by atoms with Crippen LogP contribution in [0, 0.1) is 0 Å². The summed E-state index contributed by atoms with van der Waals surface area (Å²) in [6.45, 7) is 5.23. The zero-order valence-corrected chi connectivity index (χ0v) is 13.8. The molecule has 0 fully saturated rings. The number of aromatic nitrogens is 3. The summed E-state index contributed by atoms with van der Waals surface area (Å²) in [5.41, 5.74) is 3.49. The third kappa shape index (κ3) is 2.94. The number of rotatable bonds is 6. The highest BCUT2D eigenvalue weighted by molar-refractivity contribution is 9.10. The Morgan fingerprint density at radius 2 is 2.20 bits per heavy atom. The van der Waals surface area contributed by atoms with Crippen molar-refractivity contribution in [3.8, 4) is 0 Å². The molecule has 0 bridgehead atoms. The van der Waals surface area contributed by atoms with E-state index in [1.54, 1.807) is 0 Å². The number of nitrogens with zero attached hydrogens (tertiary/aromatic N) is 3. The summed E-state index contributed by atoms with van der Waals surface area (Å²) in [7, 11) is 1.97. The minimum atomic E-state index is 0.0505. The highest BCUT2D eigenvalue weighted by Gasteiger charge is 2.23. The molecule has 0 aliphatic rings. The maximum absolute atomic E-state index is 4.59. The molecule has 2 heterocycles. The first-order valence-corrected chi connectivity index (χ1v) is 7.84. The first-order valence-electron chi connectivity index (χ1n) is 7.05. The van der Waals surface area contributed by atoms with Crippen LogP contribution in [0.3, 0.4) is 0 Å². The van der Waals surface area contributed by atoms with Gasteiger partial charge in [-0.2, -0.15) is 5.10 Å². The van der Waals surface area contributed by atoms with Crippen molar-refractivity contribution < 1.29 is 0 Å². The van der Waals surface area contributed by atoms with Gasteiger partial charge in [0, 0.05) is 12.7 Å². The molecule has 0 aliphatic heterocycles. The van der Waals surface area contributed by atoms with Crippen LogP contribution in [0.4, 0.5) is 0 Å². The standard InChI is InChI=1S/C15H21BrN4/c1-4-9-20-15(12(16)10-19-20)14(17-3)13-11(5-2)7-6-8-18-13/h6-8,10,14,17H,4-5,9H2,1-3H3. The molecule has 0 saturated heterocycles. The summed E-state index contributed by atoms with van der Waals surface area (Å²) in [5.74, 6) is 0. The van der Waals surface area contributed by atoms with Crippen LogP contribution < -0.4 is 5.32 Å². The Kier molecular flexibility index (Phi) is 5.31. The molecule has 1 unspecified atom stereocenters. The second-order valence-electron chi connectivity index (χ2n) is 4.72. The Balaban J connectivity index is 2.49. The Bertz CT molecular complexity index is 565. The second kappa shape index (κ2) is 6.99. The van der Waals surface area contributed by atoms with E-state index in [-0.39, 0.29) is 6.04 Å². The van der Waals surface area contributed by atoms with Gasteiger partial charge in [-0.1, -0.05) is 19.9 Å². The highest BCUT2D eigenvalue weighted by atomic mass is 79.9. The van der Waals surface area contributed by atoms with E-state index in [9.17, 15) is 0 Å². The molecule has 108 valence electrons. The Morgan fingerprint density at radius 1 is 1.40 bits per heavy atom. The molecule has 2 rings (SSSR count).